The van der Waals surface area contributed by atoms with Gasteiger partial charge in [0, 0.05) is 11.8 Å². The number of carbonyl (C=O) groups is 1. The Morgan fingerprint density at radius 1 is 1.04 bits per heavy atom. The monoisotopic (exact) mass is 372 g/mol. The quantitative estimate of drug-likeness (QED) is 0.563. The van der Waals surface area contributed by atoms with Crippen LogP contribution in [0.1, 0.15) is 16.7 Å². The second-order valence-corrected chi connectivity index (χ2v) is 6.61. The second kappa shape index (κ2) is 7.62. The average molecular weight is 372 g/mol. The highest BCUT2D eigenvalue weighted by atomic mass is 16.3. The van der Waals surface area contributed by atoms with Crippen molar-refractivity contribution in [2.24, 2.45) is 0 Å². The van der Waals surface area contributed by atoms with Crippen LogP contribution in [0.25, 0.3) is 16.9 Å². The van der Waals surface area contributed by atoms with Crippen LogP contribution in [0.15, 0.2) is 67.1 Å². The van der Waals surface area contributed by atoms with E-state index in [1.54, 1.807) is 16.8 Å². The smallest absolute Gasteiger partial charge is 0.229 e. The van der Waals surface area contributed by atoms with E-state index in [2.05, 4.69) is 15.3 Å². The van der Waals surface area contributed by atoms with E-state index in [9.17, 15) is 9.90 Å². The molecule has 0 aliphatic carbocycles. The molecule has 0 spiro atoms. The zero-order valence-electron chi connectivity index (χ0n) is 15.5. The summed E-state index contributed by atoms with van der Waals surface area (Å²) in [5.74, 6) is 0.476. The number of aliphatic hydroxyl groups is 1. The van der Waals surface area contributed by atoms with E-state index in [-0.39, 0.29) is 12.5 Å². The Labute approximate surface area is 162 Å². The van der Waals surface area contributed by atoms with Gasteiger partial charge in [-0.05, 0) is 23.6 Å². The summed E-state index contributed by atoms with van der Waals surface area (Å²) < 4.78 is 1.80. The Morgan fingerprint density at radius 2 is 1.79 bits per heavy atom. The lowest BCUT2D eigenvalue weighted by molar-refractivity contribution is -0.115. The maximum atomic E-state index is 12.5. The number of nitrogens with one attached hydrogen (secondary N) is 1. The van der Waals surface area contributed by atoms with E-state index in [4.69, 9.17) is 0 Å². The highest BCUT2D eigenvalue weighted by Crippen LogP contribution is 2.23. The van der Waals surface area contributed by atoms with Crippen LogP contribution >= 0.6 is 0 Å². The summed E-state index contributed by atoms with van der Waals surface area (Å²) in [6.07, 6.45) is 5.39. The first-order valence-corrected chi connectivity index (χ1v) is 9.02. The number of aryl methyl sites for hydroxylation is 1. The Bertz CT molecular complexity index is 1150. The normalized spacial score (nSPS) is 10.9. The molecule has 1 amide bonds. The van der Waals surface area contributed by atoms with Crippen LogP contribution in [-0.2, 0) is 17.8 Å². The SMILES string of the molecule is Cc1ccccc1CC(=O)Nc1cnc2cnc(-c3ccccc3CO)cn12. The molecule has 0 fully saturated rings. The van der Waals surface area contributed by atoms with Gasteiger partial charge in [-0.25, -0.2) is 4.98 Å². The third-order valence-electron chi connectivity index (χ3n) is 4.74. The molecule has 140 valence electrons. The summed E-state index contributed by atoms with van der Waals surface area (Å²) in [4.78, 5) is 21.3. The summed E-state index contributed by atoms with van der Waals surface area (Å²) in [7, 11) is 0. The molecule has 6 heteroatoms. The van der Waals surface area contributed by atoms with Gasteiger partial charge in [-0.3, -0.25) is 14.2 Å². The lowest BCUT2D eigenvalue weighted by Crippen LogP contribution is -2.16. The maximum absolute atomic E-state index is 12.5. The van der Waals surface area contributed by atoms with Crippen LogP contribution in [0.5, 0.6) is 0 Å². The van der Waals surface area contributed by atoms with Crippen LogP contribution in [0, 0.1) is 6.92 Å². The van der Waals surface area contributed by atoms with E-state index in [0.717, 1.165) is 22.3 Å². The van der Waals surface area contributed by atoms with Crippen LogP contribution in [0.2, 0.25) is 0 Å². The molecule has 28 heavy (non-hydrogen) atoms. The van der Waals surface area contributed by atoms with Crippen molar-refractivity contribution in [1.82, 2.24) is 14.4 Å². The molecule has 0 atom stereocenters. The van der Waals surface area contributed by atoms with Gasteiger partial charge in [0.25, 0.3) is 0 Å². The van der Waals surface area contributed by atoms with Gasteiger partial charge >= 0.3 is 0 Å². The van der Waals surface area contributed by atoms with Crippen molar-refractivity contribution in [2.75, 3.05) is 5.32 Å². The molecule has 0 saturated carbocycles. The number of hydrogen-bond acceptors (Lipinski definition) is 4. The Kier molecular flexibility index (Phi) is 4.87. The molecule has 4 rings (SSSR count). The van der Waals surface area contributed by atoms with Gasteiger partial charge in [-0.15, -0.1) is 0 Å². The zero-order chi connectivity index (χ0) is 19.5. The van der Waals surface area contributed by atoms with Crippen LogP contribution in [0.4, 0.5) is 5.82 Å². The van der Waals surface area contributed by atoms with Crippen molar-refractivity contribution < 1.29 is 9.90 Å². The number of rotatable bonds is 5. The van der Waals surface area contributed by atoms with Gasteiger partial charge < -0.3 is 10.4 Å². The van der Waals surface area contributed by atoms with Gasteiger partial charge in [0.2, 0.25) is 5.91 Å². The zero-order valence-corrected chi connectivity index (χ0v) is 15.5. The number of anilines is 1. The van der Waals surface area contributed by atoms with Crippen molar-refractivity contribution in [3.63, 3.8) is 0 Å². The number of hydrogen-bond donors (Lipinski definition) is 2. The molecule has 2 aromatic carbocycles. The molecule has 2 aromatic heterocycles. The third kappa shape index (κ3) is 3.50. The maximum Gasteiger partial charge on any atom is 0.229 e. The molecule has 2 heterocycles. The molecular weight excluding hydrogens is 352 g/mol. The molecule has 0 unspecified atom stereocenters. The number of fused-ring (bicyclic) bond motifs is 1. The first-order valence-electron chi connectivity index (χ1n) is 9.02. The van der Waals surface area contributed by atoms with Crippen molar-refractivity contribution in [1.29, 1.82) is 0 Å². The number of benzene rings is 2. The lowest BCUT2D eigenvalue weighted by atomic mass is 10.1. The van der Waals surface area contributed by atoms with Crippen LogP contribution in [-0.4, -0.2) is 25.4 Å². The molecule has 0 saturated heterocycles. The summed E-state index contributed by atoms with van der Waals surface area (Å²) >= 11 is 0. The molecule has 0 bridgehead atoms. The summed E-state index contributed by atoms with van der Waals surface area (Å²) in [5, 5.41) is 12.5. The Morgan fingerprint density at radius 3 is 2.57 bits per heavy atom. The Hall–Kier alpha value is -3.51. The lowest BCUT2D eigenvalue weighted by Gasteiger charge is -2.09. The first kappa shape index (κ1) is 17.9. The van der Waals surface area contributed by atoms with Crippen LogP contribution in [0.3, 0.4) is 0 Å². The van der Waals surface area contributed by atoms with Gasteiger partial charge in [-0.1, -0.05) is 48.5 Å². The second-order valence-electron chi connectivity index (χ2n) is 6.61. The van der Waals surface area contributed by atoms with Crippen molar-refractivity contribution in [3.05, 3.63) is 83.8 Å². The molecule has 0 aliphatic rings. The van der Waals surface area contributed by atoms with Gasteiger partial charge in [0.05, 0.1) is 31.1 Å². The number of amides is 1. The van der Waals surface area contributed by atoms with E-state index in [1.807, 2.05) is 61.7 Å². The predicted octanol–water partition coefficient (Wildman–Crippen LogP) is 3.38. The minimum absolute atomic E-state index is 0.0696. The van der Waals surface area contributed by atoms with E-state index in [1.165, 1.54) is 0 Å². The third-order valence-corrected chi connectivity index (χ3v) is 4.74. The summed E-state index contributed by atoms with van der Waals surface area (Å²) in [6, 6.07) is 15.4. The molecular formula is C22H20N4O2. The first-order chi connectivity index (χ1) is 13.7. The molecule has 0 aliphatic heterocycles. The standard InChI is InChI=1S/C22H20N4O2/c1-15-6-2-3-7-16(15)10-22(28)25-21-12-24-20-11-23-19(13-26(20)21)18-9-5-4-8-17(18)14-27/h2-9,11-13,27H,10,14H2,1H3,(H,25,28). The van der Waals surface area contributed by atoms with Crippen molar-refractivity contribution in [3.8, 4) is 11.3 Å². The van der Waals surface area contributed by atoms with E-state index < -0.39 is 0 Å². The average Bonchev–Trinajstić information content (AvgIpc) is 3.11. The molecule has 6 nitrogen and oxygen atoms in total. The summed E-state index contributed by atoms with van der Waals surface area (Å²) in [6.45, 7) is 1.92. The van der Waals surface area contributed by atoms with Gasteiger partial charge in [-0.2, -0.15) is 0 Å². The number of aliphatic hydroxyl groups excluding tert-OH is 1. The molecule has 0 radical (unpaired) electrons. The predicted molar refractivity (Wildman–Crippen MR) is 108 cm³/mol. The highest BCUT2D eigenvalue weighted by molar-refractivity contribution is 5.92. The van der Waals surface area contributed by atoms with E-state index >= 15 is 0 Å². The summed E-state index contributed by atoms with van der Waals surface area (Å²) in [5.41, 5.74) is 5.05. The number of nitrogens with zero attached hydrogens (tertiary/aromatic N) is 3. The topological polar surface area (TPSA) is 79.5 Å². The fraction of sp³-hybridized carbons (Fsp3) is 0.136. The minimum Gasteiger partial charge on any atom is -0.392 e. The number of aromatic nitrogens is 3. The fourth-order valence-corrected chi connectivity index (χ4v) is 3.20. The van der Waals surface area contributed by atoms with Gasteiger partial charge in [0.1, 0.15) is 5.82 Å². The molecule has 4 aromatic rings. The molecule has 2 N–H and O–H groups in total. The van der Waals surface area contributed by atoms with Gasteiger partial charge in [0.15, 0.2) is 5.65 Å². The highest BCUT2D eigenvalue weighted by Gasteiger charge is 2.12. The number of imidazole rings is 1. The minimum atomic E-state index is -0.106. The van der Waals surface area contributed by atoms with Crippen LogP contribution < -0.4 is 5.32 Å². The van der Waals surface area contributed by atoms with E-state index in [0.29, 0.717) is 23.6 Å². The largest absolute Gasteiger partial charge is 0.392 e. The number of carbonyl (C=O) groups excluding carboxylic acids is 1. The van der Waals surface area contributed by atoms with Crippen molar-refractivity contribution >= 4 is 17.4 Å². The Balaban J connectivity index is 1.63. The fourth-order valence-electron chi connectivity index (χ4n) is 3.20. The van der Waals surface area contributed by atoms with Crippen molar-refractivity contribution in [2.45, 2.75) is 20.0 Å².